The van der Waals surface area contributed by atoms with Gasteiger partial charge in [0, 0.05) is 10.6 Å². The Morgan fingerprint density at radius 1 is 1.45 bits per heavy atom. The molecule has 0 saturated carbocycles. The fourth-order valence-electron chi connectivity index (χ4n) is 1.23. The van der Waals surface area contributed by atoms with Crippen LogP contribution in [0.2, 0.25) is 0 Å². The lowest BCUT2D eigenvalue weighted by molar-refractivity contribution is 0.931. The normalized spacial score (nSPS) is 21.0. The Labute approximate surface area is 71.2 Å². The van der Waals surface area contributed by atoms with Crippen LogP contribution in [0.1, 0.15) is 13.3 Å². The molecule has 0 aromatic heterocycles. The van der Waals surface area contributed by atoms with E-state index in [1.165, 1.54) is 17.0 Å². The zero-order valence-corrected chi connectivity index (χ0v) is 7.32. The summed E-state index contributed by atoms with van der Waals surface area (Å²) in [5, 5.41) is 4.04. The largest absolute Gasteiger partial charge is 0.372 e. The van der Waals surface area contributed by atoms with Gasteiger partial charge >= 0.3 is 0 Å². The molecule has 0 amide bonds. The molecule has 1 aliphatic heterocycles. The van der Waals surface area contributed by atoms with Gasteiger partial charge in [-0.05, 0) is 18.6 Å². The Kier molecular flexibility index (Phi) is 1.78. The van der Waals surface area contributed by atoms with Crippen LogP contribution in [0.5, 0.6) is 0 Å². The second-order valence-electron chi connectivity index (χ2n) is 2.66. The summed E-state index contributed by atoms with van der Waals surface area (Å²) < 4.78 is 0. The first-order valence-corrected chi connectivity index (χ1v) is 4.80. The molecule has 1 aromatic rings. The molecule has 1 N–H and O–H groups in total. The minimum absolute atomic E-state index is 0.590. The number of rotatable bonds is 1. The fourth-order valence-corrected chi connectivity index (χ4v) is 2.30. The quantitative estimate of drug-likeness (QED) is 0.686. The summed E-state index contributed by atoms with van der Waals surface area (Å²) in [6, 6.07) is 8.47. The molecule has 1 atom stereocenters. The maximum absolute atomic E-state index is 3.45. The van der Waals surface area contributed by atoms with Gasteiger partial charge in [-0.25, -0.2) is 0 Å². The number of anilines is 1. The van der Waals surface area contributed by atoms with E-state index in [9.17, 15) is 0 Å². The Hall–Kier alpha value is -0.630. The van der Waals surface area contributed by atoms with Crippen LogP contribution in [-0.2, 0) is 0 Å². The second-order valence-corrected chi connectivity index (χ2v) is 3.90. The average molecular weight is 165 g/mol. The zero-order chi connectivity index (χ0) is 7.68. The van der Waals surface area contributed by atoms with Crippen LogP contribution in [0.4, 0.5) is 5.69 Å². The van der Waals surface area contributed by atoms with Gasteiger partial charge in [-0.3, -0.25) is 0 Å². The predicted octanol–water partition coefficient (Wildman–Crippen LogP) is 2.94. The molecule has 1 aromatic carbocycles. The van der Waals surface area contributed by atoms with E-state index in [0.29, 0.717) is 5.37 Å². The standard InChI is InChI=1S/C9H11NS/c1-2-9-10-7-5-3-4-6-8(7)11-9/h3-6,9-10H,2H2,1H3/t9-/m0/s1. The SMILES string of the molecule is CC[C@H]1Nc2ccccc2S1. The molecule has 58 valence electrons. The number of hydrogen-bond acceptors (Lipinski definition) is 2. The summed E-state index contributed by atoms with van der Waals surface area (Å²) in [5.74, 6) is 0. The van der Waals surface area contributed by atoms with E-state index in [0.717, 1.165) is 0 Å². The van der Waals surface area contributed by atoms with Gasteiger partial charge in [0.2, 0.25) is 0 Å². The number of thioether (sulfide) groups is 1. The molecule has 0 saturated heterocycles. The van der Waals surface area contributed by atoms with Crippen molar-refractivity contribution in [2.45, 2.75) is 23.6 Å². The minimum atomic E-state index is 0.590. The van der Waals surface area contributed by atoms with Crippen LogP contribution >= 0.6 is 11.8 Å². The average Bonchev–Trinajstić information content (AvgIpc) is 2.46. The van der Waals surface area contributed by atoms with E-state index >= 15 is 0 Å². The van der Waals surface area contributed by atoms with E-state index in [4.69, 9.17) is 0 Å². The first kappa shape index (κ1) is 7.04. The molecular weight excluding hydrogens is 154 g/mol. The van der Waals surface area contributed by atoms with Gasteiger partial charge in [-0.1, -0.05) is 30.8 Å². The van der Waals surface area contributed by atoms with Crippen molar-refractivity contribution in [3.05, 3.63) is 24.3 Å². The van der Waals surface area contributed by atoms with Crippen molar-refractivity contribution in [1.29, 1.82) is 0 Å². The summed E-state index contributed by atoms with van der Waals surface area (Å²) in [4.78, 5) is 1.39. The van der Waals surface area contributed by atoms with Gasteiger partial charge in [-0.2, -0.15) is 0 Å². The third-order valence-corrected chi connectivity index (χ3v) is 3.19. The molecule has 11 heavy (non-hydrogen) atoms. The number of para-hydroxylation sites is 1. The molecule has 2 rings (SSSR count). The highest BCUT2D eigenvalue weighted by Gasteiger charge is 2.17. The first-order valence-electron chi connectivity index (χ1n) is 3.92. The first-order chi connectivity index (χ1) is 5.40. The van der Waals surface area contributed by atoms with E-state index in [-0.39, 0.29) is 0 Å². The second kappa shape index (κ2) is 2.78. The monoisotopic (exact) mass is 165 g/mol. The van der Waals surface area contributed by atoms with Crippen molar-refractivity contribution >= 4 is 17.4 Å². The van der Waals surface area contributed by atoms with Gasteiger partial charge in [0.05, 0.1) is 5.37 Å². The van der Waals surface area contributed by atoms with Crippen molar-refractivity contribution in [2.24, 2.45) is 0 Å². The van der Waals surface area contributed by atoms with Gasteiger partial charge in [0.1, 0.15) is 0 Å². The van der Waals surface area contributed by atoms with Crippen LogP contribution in [0.15, 0.2) is 29.2 Å². The molecule has 0 spiro atoms. The Bertz CT molecular complexity index is 234. The highest BCUT2D eigenvalue weighted by Crippen LogP contribution is 2.38. The maximum Gasteiger partial charge on any atom is 0.0767 e. The topological polar surface area (TPSA) is 12.0 Å². The van der Waals surface area contributed by atoms with Gasteiger partial charge < -0.3 is 5.32 Å². The van der Waals surface area contributed by atoms with Crippen molar-refractivity contribution in [2.75, 3.05) is 5.32 Å². The smallest absolute Gasteiger partial charge is 0.0767 e. The molecule has 0 radical (unpaired) electrons. The summed E-state index contributed by atoms with van der Waals surface area (Å²) in [5.41, 5.74) is 1.30. The molecular formula is C9H11NS. The third kappa shape index (κ3) is 1.23. The molecule has 1 aliphatic rings. The minimum Gasteiger partial charge on any atom is -0.372 e. The summed E-state index contributed by atoms with van der Waals surface area (Å²) in [7, 11) is 0. The summed E-state index contributed by atoms with van der Waals surface area (Å²) in [6.07, 6.45) is 1.18. The Morgan fingerprint density at radius 3 is 3.00 bits per heavy atom. The number of nitrogens with one attached hydrogen (secondary N) is 1. The lowest BCUT2D eigenvalue weighted by Crippen LogP contribution is -2.06. The Balaban J connectivity index is 2.27. The lowest BCUT2D eigenvalue weighted by Gasteiger charge is -2.04. The van der Waals surface area contributed by atoms with Crippen LogP contribution in [-0.4, -0.2) is 5.37 Å². The fraction of sp³-hybridized carbons (Fsp3) is 0.333. The van der Waals surface area contributed by atoms with Crippen molar-refractivity contribution in [1.82, 2.24) is 0 Å². The highest BCUT2D eigenvalue weighted by atomic mass is 32.2. The summed E-state index contributed by atoms with van der Waals surface area (Å²) in [6.45, 7) is 2.20. The number of hydrogen-bond donors (Lipinski definition) is 1. The summed E-state index contributed by atoms with van der Waals surface area (Å²) >= 11 is 1.93. The molecule has 0 fully saturated rings. The maximum atomic E-state index is 3.45. The van der Waals surface area contributed by atoms with Crippen LogP contribution in [0.3, 0.4) is 0 Å². The van der Waals surface area contributed by atoms with E-state index in [2.05, 4.69) is 36.5 Å². The predicted molar refractivity (Wildman–Crippen MR) is 50.0 cm³/mol. The third-order valence-electron chi connectivity index (χ3n) is 1.84. The van der Waals surface area contributed by atoms with Crippen molar-refractivity contribution < 1.29 is 0 Å². The van der Waals surface area contributed by atoms with Crippen LogP contribution < -0.4 is 5.32 Å². The molecule has 1 nitrogen and oxygen atoms in total. The van der Waals surface area contributed by atoms with Gasteiger partial charge in [-0.15, -0.1) is 0 Å². The van der Waals surface area contributed by atoms with Crippen LogP contribution in [0, 0.1) is 0 Å². The van der Waals surface area contributed by atoms with E-state index in [1.54, 1.807) is 0 Å². The molecule has 1 heterocycles. The molecule has 0 aliphatic carbocycles. The molecule has 0 unspecified atom stereocenters. The molecule has 0 bridgehead atoms. The number of fused-ring (bicyclic) bond motifs is 1. The molecule has 2 heteroatoms. The number of benzene rings is 1. The van der Waals surface area contributed by atoms with Gasteiger partial charge in [0.15, 0.2) is 0 Å². The van der Waals surface area contributed by atoms with Crippen molar-refractivity contribution in [3.8, 4) is 0 Å². The van der Waals surface area contributed by atoms with E-state index < -0.39 is 0 Å². The zero-order valence-electron chi connectivity index (χ0n) is 6.50. The van der Waals surface area contributed by atoms with Crippen molar-refractivity contribution in [3.63, 3.8) is 0 Å². The highest BCUT2D eigenvalue weighted by molar-refractivity contribution is 8.00. The van der Waals surface area contributed by atoms with Crippen LogP contribution in [0.25, 0.3) is 0 Å². The Morgan fingerprint density at radius 2 is 2.27 bits per heavy atom. The lowest BCUT2D eigenvalue weighted by atomic mass is 10.3. The van der Waals surface area contributed by atoms with Gasteiger partial charge in [0.25, 0.3) is 0 Å². The van der Waals surface area contributed by atoms with E-state index in [1.807, 2.05) is 11.8 Å².